The van der Waals surface area contributed by atoms with E-state index in [1.807, 2.05) is 12.5 Å². The highest BCUT2D eigenvalue weighted by molar-refractivity contribution is 5.07. The van der Waals surface area contributed by atoms with Crippen molar-refractivity contribution < 1.29 is 0 Å². The third-order valence-electron chi connectivity index (χ3n) is 4.32. The molecule has 1 aliphatic rings. The Bertz CT molecular complexity index is 350. The normalized spacial score (nSPS) is 26.2. The Morgan fingerprint density at radius 1 is 1.39 bits per heavy atom. The molecule has 1 heterocycles. The fourth-order valence-electron chi connectivity index (χ4n) is 3.10. The van der Waals surface area contributed by atoms with Gasteiger partial charge in [0.05, 0.1) is 18.1 Å². The van der Waals surface area contributed by atoms with Crippen molar-refractivity contribution in [2.75, 3.05) is 6.54 Å². The molecule has 18 heavy (non-hydrogen) atoms. The van der Waals surface area contributed by atoms with Crippen molar-refractivity contribution in [2.24, 2.45) is 18.9 Å². The van der Waals surface area contributed by atoms with Crippen LogP contribution >= 0.6 is 0 Å². The third-order valence-corrected chi connectivity index (χ3v) is 4.32. The second kappa shape index (κ2) is 6.37. The molecule has 1 atom stereocenters. The summed E-state index contributed by atoms with van der Waals surface area (Å²) in [6, 6.07) is 0.491. The number of hydrogen-bond acceptors (Lipinski definition) is 2. The van der Waals surface area contributed by atoms with Gasteiger partial charge in [0.2, 0.25) is 0 Å². The summed E-state index contributed by atoms with van der Waals surface area (Å²) in [7, 11) is 2.11. The molecule has 1 fully saturated rings. The summed E-state index contributed by atoms with van der Waals surface area (Å²) in [6.07, 6.45) is 10.6. The highest BCUT2D eigenvalue weighted by atomic mass is 15.1. The monoisotopic (exact) mass is 249 g/mol. The van der Waals surface area contributed by atoms with Crippen LogP contribution in [-0.4, -0.2) is 16.1 Å². The van der Waals surface area contributed by atoms with Crippen molar-refractivity contribution in [1.29, 1.82) is 0 Å². The molecule has 0 aromatic carbocycles. The van der Waals surface area contributed by atoms with Crippen LogP contribution in [0.1, 0.15) is 57.7 Å². The summed E-state index contributed by atoms with van der Waals surface area (Å²) in [6.45, 7) is 5.72. The molecule has 1 aliphatic carbocycles. The molecule has 0 amide bonds. The molecule has 0 radical (unpaired) electrons. The van der Waals surface area contributed by atoms with E-state index < -0.39 is 0 Å². The second-order valence-electron chi connectivity index (χ2n) is 5.88. The van der Waals surface area contributed by atoms with E-state index in [-0.39, 0.29) is 0 Å². The first-order valence-electron chi connectivity index (χ1n) is 7.42. The molecule has 3 nitrogen and oxygen atoms in total. The Hall–Kier alpha value is -0.830. The van der Waals surface area contributed by atoms with E-state index >= 15 is 0 Å². The van der Waals surface area contributed by atoms with Crippen molar-refractivity contribution in [1.82, 2.24) is 14.9 Å². The fraction of sp³-hybridized carbons (Fsp3) is 0.800. The van der Waals surface area contributed by atoms with Crippen LogP contribution in [0.4, 0.5) is 0 Å². The average Bonchev–Trinajstić information content (AvgIpc) is 2.78. The molecule has 0 spiro atoms. The molecule has 0 saturated heterocycles. The summed E-state index contributed by atoms with van der Waals surface area (Å²) in [5, 5.41) is 3.74. The lowest BCUT2D eigenvalue weighted by Gasteiger charge is -2.33. The minimum absolute atomic E-state index is 0.491. The zero-order valence-electron chi connectivity index (χ0n) is 12.0. The summed E-state index contributed by atoms with van der Waals surface area (Å²) in [4.78, 5) is 4.28. The smallest absolute Gasteiger partial charge is 0.0946 e. The Morgan fingerprint density at radius 3 is 2.67 bits per heavy atom. The topological polar surface area (TPSA) is 29.9 Å². The highest BCUT2D eigenvalue weighted by Crippen LogP contribution is 2.36. The van der Waals surface area contributed by atoms with Crippen LogP contribution in [0.5, 0.6) is 0 Å². The molecule has 1 saturated carbocycles. The van der Waals surface area contributed by atoms with Crippen LogP contribution < -0.4 is 5.32 Å². The first kappa shape index (κ1) is 13.6. The molecule has 1 aromatic rings. The molecule has 1 unspecified atom stereocenters. The third kappa shape index (κ3) is 3.14. The number of hydrogen-bond donors (Lipinski definition) is 1. The van der Waals surface area contributed by atoms with Gasteiger partial charge < -0.3 is 9.88 Å². The quantitative estimate of drug-likeness (QED) is 0.868. The molecule has 1 N–H and O–H groups in total. The van der Waals surface area contributed by atoms with Crippen LogP contribution in [0.3, 0.4) is 0 Å². The predicted molar refractivity (Wildman–Crippen MR) is 75.4 cm³/mol. The van der Waals surface area contributed by atoms with Gasteiger partial charge in [-0.05, 0) is 37.6 Å². The summed E-state index contributed by atoms with van der Waals surface area (Å²) >= 11 is 0. The van der Waals surface area contributed by atoms with Gasteiger partial charge in [-0.25, -0.2) is 4.98 Å². The summed E-state index contributed by atoms with van der Waals surface area (Å²) in [5.41, 5.74) is 1.35. The van der Waals surface area contributed by atoms with Gasteiger partial charge in [0.15, 0.2) is 0 Å². The van der Waals surface area contributed by atoms with Crippen LogP contribution in [0.2, 0.25) is 0 Å². The van der Waals surface area contributed by atoms with Crippen molar-refractivity contribution in [3.63, 3.8) is 0 Å². The number of nitrogens with zero attached hydrogens (tertiary/aromatic N) is 2. The lowest BCUT2D eigenvalue weighted by Crippen LogP contribution is -2.32. The van der Waals surface area contributed by atoms with Crippen molar-refractivity contribution in [3.05, 3.63) is 18.2 Å². The maximum Gasteiger partial charge on any atom is 0.0946 e. The number of rotatable bonds is 5. The minimum Gasteiger partial charge on any atom is -0.336 e. The Morgan fingerprint density at radius 2 is 2.11 bits per heavy atom. The van der Waals surface area contributed by atoms with Crippen LogP contribution in [0.25, 0.3) is 0 Å². The predicted octanol–water partition coefficient (Wildman–Crippen LogP) is 3.29. The number of imidazole rings is 1. The second-order valence-corrected chi connectivity index (χ2v) is 5.88. The molecule has 2 rings (SSSR count). The van der Waals surface area contributed by atoms with Crippen molar-refractivity contribution in [3.8, 4) is 0 Å². The van der Waals surface area contributed by atoms with Crippen LogP contribution in [0.15, 0.2) is 12.5 Å². The van der Waals surface area contributed by atoms with Gasteiger partial charge in [0, 0.05) is 13.2 Å². The SMILES string of the molecule is CCCNC(c1cncn1C)C1CCC(C)CC1. The maximum atomic E-state index is 4.28. The largest absolute Gasteiger partial charge is 0.336 e. The number of aryl methyl sites for hydroxylation is 1. The molecule has 3 heteroatoms. The van der Waals surface area contributed by atoms with E-state index in [9.17, 15) is 0 Å². The Kier molecular flexibility index (Phi) is 4.81. The van der Waals surface area contributed by atoms with E-state index in [0.29, 0.717) is 6.04 Å². The molecule has 102 valence electrons. The number of nitrogens with one attached hydrogen (secondary N) is 1. The molecule has 1 aromatic heterocycles. The molecule has 0 bridgehead atoms. The first-order chi connectivity index (χ1) is 8.72. The van der Waals surface area contributed by atoms with Gasteiger partial charge >= 0.3 is 0 Å². The van der Waals surface area contributed by atoms with E-state index in [1.54, 1.807) is 0 Å². The van der Waals surface area contributed by atoms with Gasteiger partial charge in [-0.2, -0.15) is 0 Å². The van der Waals surface area contributed by atoms with Gasteiger partial charge in [-0.3, -0.25) is 0 Å². The zero-order chi connectivity index (χ0) is 13.0. The maximum absolute atomic E-state index is 4.28. The van der Waals surface area contributed by atoms with Crippen LogP contribution in [-0.2, 0) is 7.05 Å². The van der Waals surface area contributed by atoms with Gasteiger partial charge in [0.25, 0.3) is 0 Å². The van der Waals surface area contributed by atoms with E-state index in [1.165, 1.54) is 37.8 Å². The van der Waals surface area contributed by atoms with Crippen molar-refractivity contribution >= 4 is 0 Å². The first-order valence-corrected chi connectivity index (χ1v) is 7.42. The van der Waals surface area contributed by atoms with Gasteiger partial charge in [-0.1, -0.05) is 26.7 Å². The van der Waals surface area contributed by atoms with E-state index in [0.717, 1.165) is 18.4 Å². The lowest BCUT2D eigenvalue weighted by molar-refractivity contribution is 0.226. The molecular weight excluding hydrogens is 222 g/mol. The zero-order valence-corrected chi connectivity index (χ0v) is 12.0. The minimum atomic E-state index is 0.491. The Labute approximate surface area is 111 Å². The average molecular weight is 249 g/mol. The fourth-order valence-corrected chi connectivity index (χ4v) is 3.10. The Balaban J connectivity index is 2.07. The van der Waals surface area contributed by atoms with Gasteiger partial charge in [0.1, 0.15) is 0 Å². The van der Waals surface area contributed by atoms with E-state index in [4.69, 9.17) is 0 Å². The highest BCUT2D eigenvalue weighted by Gasteiger charge is 2.28. The lowest BCUT2D eigenvalue weighted by atomic mass is 9.78. The summed E-state index contributed by atoms with van der Waals surface area (Å²) in [5.74, 6) is 1.70. The molecular formula is C15H27N3. The summed E-state index contributed by atoms with van der Waals surface area (Å²) < 4.78 is 2.17. The standard InChI is InChI=1S/C15H27N3/c1-4-9-17-15(14-10-16-11-18(14)3)13-7-5-12(2)6-8-13/h10-13,15,17H,4-9H2,1-3H3. The molecule has 0 aliphatic heterocycles. The number of aromatic nitrogens is 2. The van der Waals surface area contributed by atoms with Gasteiger partial charge in [-0.15, -0.1) is 0 Å². The van der Waals surface area contributed by atoms with E-state index in [2.05, 4.69) is 35.8 Å². The van der Waals surface area contributed by atoms with Crippen LogP contribution in [0, 0.1) is 11.8 Å². The van der Waals surface area contributed by atoms with Crippen molar-refractivity contribution in [2.45, 2.75) is 52.0 Å².